The molecule has 1 amide bonds. The minimum Gasteiger partial charge on any atom is -0.460 e. The van der Waals surface area contributed by atoms with E-state index in [4.69, 9.17) is 14.2 Å². The Balaban J connectivity index is 1.45. The lowest BCUT2D eigenvalue weighted by Gasteiger charge is -2.44. The van der Waals surface area contributed by atoms with Crippen LogP contribution < -0.4 is 14.8 Å². The molecule has 3 heterocycles. The van der Waals surface area contributed by atoms with Crippen LogP contribution in [0.4, 0.5) is 19.4 Å². The zero-order valence-corrected chi connectivity index (χ0v) is 22.3. The molecule has 3 aromatic rings. The Morgan fingerprint density at radius 2 is 2.10 bits per heavy atom. The molecule has 1 aliphatic rings. The lowest BCUT2D eigenvalue weighted by atomic mass is 9.77. The number of benzene rings is 1. The van der Waals surface area contributed by atoms with Gasteiger partial charge in [0.05, 0.1) is 6.54 Å². The Hall–Kier alpha value is -4.46. The average Bonchev–Trinajstić information content (AvgIpc) is 3.41. The molecular formula is C26H29F2N6O6+. The van der Waals surface area contributed by atoms with E-state index < -0.39 is 47.4 Å². The second-order valence-electron chi connectivity index (χ2n) is 9.27. The molecule has 0 aliphatic carbocycles. The van der Waals surface area contributed by atoms with Crippen molar-refractivity contribution in [3.63, 3.8) is 0 Å². The van der Waals surface area contributed by atoms with Crippen molar-refractivity contribution in [1.82, 2.24) is 20.1 Å². The maximum absolute atomic E-state index is 14.6. The lowest BCUT2D eigenvalue weighted by Crippen LogP contribution is -2.56. The summed E-state index contributed by atoms with van der Waals surface area (Å²) in [6.45, 7) is 3.02. The third kappa shape index (κ3) is 5.76. The van der Waals surface area contributed by atoms with Gasteiger partial charge < -0.3 is 19.5 Å². The summed E-state index contributed by atoms with van der Waals surface area (Å²) in [6.07, 6.45) is 2.78. The number of halogens is 2. The van der Waals surface area contributed by atoms with Crippen molar-refractivity contribution in [2.75, 3.05) is 25.5 Å². The van der Waals surface area contributed by atoms with Crippen LogP contribution in [0, 0.1) is 17.6 Å². The number of rotatable bonds is 10. The average molecular weight is 560 g/mol. The topological polar surface area (TPSA) is 129 Å². The van der Waals surface area contributed by atoms with Gasteiger partial charge in [-0.3, -0.25) is 14.5 Å². The quantitative estimate of drug-likeness (QED) is 0.225. The fourth-order valence-corrected chi connectivity index (χ4v) is 4.27. The van der Waals surface area contributed by atoms with Gasteiger partial charge in [0.1, 0.15) is 36.5 Å². The van der Waals surface area contributed by atoms with Crippen LogP contribution in [-0.2, 0) is 42.6 Å². The first kappa shape index (κ1) is 28.5. The molecule has 3 atom stereocenters. The van der Waals surface area contributed by atoms with E-state index in [1.54, 1.807) is 33.0 Å². The number of anilines is 1. The Morgan fingerprint density at radius 3 is 2.80 bits per heavy atom. The number of nitrogens with one attached hydrogen (secondary N) is 1. The summed E-state index contributed by atoms with van der Waals surface area (Å²) in [5.41, 5.74) is -1.05. The molecule has 0 radical (unpaired) electrons. The molecule has 1 aliphatic heterocycles. The molecule has 212 valence electrons. The smallest absolute Gasteiger partial charge is 0.418 e. The lowest BCUT2D eigenvalue weighted by molar-refractivity contribution is -0.753. The molecule has 0 saturated carbocycles. The van der Waals surface area contributed by atoms with Crippen molar-refractivity contribution in [1.29, 1.82) is 0 Å². The second-order valence-corrected chi connectivity index (χ2v) is 9.27. The molecule has 2 aromatic heterocycles. The van der Waals surface area contributed by atoms with Crippen molar-refractivity contribution in [2.45, 2.75) is 38.8 Å². The number of esters is 2. The number of carbonyl (C=O) groups excluding carboxylic acids is 3. The number of nitrogens with zero attached hydrogens (tertiary/aromatic N) is 5. The van der Waals surface area contributed by atoms with E-state index in [1.165, 1.54) is 40.0 Å². The summed E-state index contributed by atoms with van der Waals surface area (Å²) < 4.78 is 47.6. The maximum Gasteiger partial charge on any atom is 0.418 e. The van der Waals surface area contributed by atoms with Gasteiger partial charge in [-0.1, -0.05) is 6.07 Å². The Morgan fingerprint density at radius 1 is 1.32 bits per heavy atom. The standard InChI is InChI=1S/C26H29F2N6O6/c1-16-24(36)40-26(16,20-10-19(27)7-8-21(20)28)13-34-15-33(14-31-34)17(2)39-25(37)32(4)23-18(6-5-9-30-23)12-38-22(35)11-29-3/h5-10,14-17,29H,11-13H2,1-4H3/q+1/t16-,17?,26-/m1/s1. The Kier molecular flexibility index (Phi) is 8.38. The summed E-state index contributed by atoms with van der Waals surface area (Å²) >= 11 is 0. The summed E-state index contributed by atoms with van der Waals surface area (Å²) in [7, 11) is 3.09. The van der Waals surface area contributed by atoms with Crippen LogP contribution >= 0.6 is 0 Å². The molecule has 1 unspecified atom stereocenters. The van der Waals surface area contributed by atoms with E-state index in [9.17, 15) is 23.2 Å². The summed E-state index contributed by atoms with van der Waals surface area (Å²) in [6, 6.07) is 6.29. The van der Waals surface area contributed by atoms with Crippen molar-refractivity contribution in [3.05, 3.63) is 71.9 Å². The number of hydrogen-bond donors (Lipinski definition) is 1. The predicted molar refractivity (Wildman–Crippen MR) is 133 cm³/mol. The van der Waals surface area contributed by atoms with Gasteiger partial charge in [0.25, 0.3) is 6.33 Å². The Bertz CT molecular complexity index is 1420. The van der Waals surface area contributed by atoms with Crippen LogP contribution in [0.25, 0.3) is 0 Å². The normalized spacial score (nSPS) is 18.9. The van der Waals surface area contributed by atoms with Crippen LogP contribution in [0.15, 0.2) is 49.2 Å². The molecule has 1 saturated heterocycles. The maximum atomic E-state index is 14.6. The van der Waals surface area contributed by atoms with E-state index in [0.29, 0.717) is 5.56 Å². The van der Waals surface area contributed by atoms with Crippen LogP contribution in [-0.4, -0.2) is 53.4 Å². The zero-order valence-electron chi connectivity index (χ0n) is 22.3. The number of ether oxygens (including phenoxy) is 3. The van der Waals surface area contributed by atoms with Gasteiger partial charge in [0.2, 0.25) is 12.6 Å². The first-order valence-corrected chi connectivity index (χ1v) is 12.4. The number of hydrogen-bond acceptors (Lipinski definition) is 9. The molecule has 0 spiro atoms. The summed E-state index contributed by atoms with van der Waals surface area (Å²) in [4.78, 5) is 42.0. The van der Waals surface area contributed by atoms with Crippen LogP contribution in [0.1, 0.15) is 31.2 Å². The zero-order chi connectivity index (χ0) is 29.0. The SMILES string of the molecule is CNCC(=O)OCc1cccnc1N(C)C(=O)OC(C)[n+]1cnn(C[C@@]2(c3cc(F)ccc3F)OC(=O)[C@H]2C)c1. The van der Waals surface area contributed by atoms with Crippen LogP contribution in [0.3, 0.4) is 0 Å². The number of amides is 1. The predicted octanol–water partition coefficient (Wildman–Crippen LogP) is 1.99. The molecule has 1 fully saturated rings. The molecule has 40 heavy (non-hydrogen) atoms. The van der Waals surface area contributed by atoms with E-state index in [-0.39, 0.29) is 31.1 Å². The Labute approximate surface area is 228 Å². The van der Waals surface area contributed by atoms with Crippen molar-refractivity contribution in [3.8, 4) is 0 Å². The van der Waals surface area contributed by atoms with Crippen LogP contribution in [0.5, 0.6) is 0 Å². The molecular weight excluding hydrogens is 530 g/mol. The van der Waals surface area contributed by atoms with Gasteiger partial charge in [-0.15, -0.1) is 4.68 Å². The van der Waals surface area contributed by atoms with Gasteiger partial charge in [-0.05, 0) is 38.2 Å². The van der Waals surface area contributed by atoms with Gasteiger partial charge >= 0.3 is 18.0 Å². The molecule has 1 N–H and O–H groups in total. The second kappa shape index (κ2) is 11.7. The summed E-state index contributed by atoms with van der Waals surface area (Å²) in [5.74, 6) is -2.89. The molecule has 4 rings (SSSR count). The van der Waals surface area contributed by atoms with Gasteiger partial charge in [-0.25, -0.2) is 18.6 Å². The molecule has 1 aromatic carbocycles. The highest BCUT2D eigenvalue weighted by Crippen LogP contribution is 2.45. The summed E-state index contributed by atoms with van der Waals surface area (Å²) in [5, 5.41) is 6.92. The largest absolute Gasteiger partial charge is 0.460 e. The van der Waals surface area contributed by atoms with Crippen molar-refractivity contribution >= 4 is 23.8 Å². The van der Waals surface area contributed by atoms with E-state index in [0.717, 1.165) is 18.2 Å². The molecule has 12 nitrogen and oxygen atoms in total. The minimum absolute atomic E-state index is 0.0372. The first-order valence-electron chi connectivity index (χ1n) is 12.4. The number of aromatic nitrogens is 4. The third-order valence-electron chi connectivity index (χ3n) is 6.58. The molecule has 0 bridgehead atoms. The van der Waals surface area contributed by atoms with Crippen molar-refractivity contribution in [2.24, 2.45) is 5.92 Å². The number of carbonyl (C=O) groups is 3. The van der Waals surface area contributed by atoms with E-state index in [2.05, 4.69) is 15.4 Å². The highest BCUT2D eigenvalue weighted by Gasteiger charge is 2.58. The minimum atomic E-state index is -1.46. The number of likely N-dealkylation sites (N-methyl/N-ethyl adjacent to an activating group) is 1. The van der Waals surface area contributed by atoms with Crippen molar-refractivity contribution < 1.29 is 41.9 Å². The van der Waals surface area contributed by atoms with Crippen LogP contribution in [0.2, 0.25) is 0 Å². The van der Waals surface area contributed by atoms with E-state index in [1.807, 2.05) is 0 Å². The number of cyclic esters (lactones) is 1. The molecule has 14 heteroatoms. The first-order chi connectivity index (χ1) is 19.1. The van der Waals surface area contributed by atoms with Gasteiger partial charge in [-0.2, -0.15) is 4.57 Å². The fraction of sp³-hybridized carbons (Fsp3) is 0.385. The van der Waals surface area contributed by atoms with Gasteiger partial charge in [0, 0.05) is 36.4 Å². The monoisotopic (exact) mass is 559 g/mol. The highest BCUT2D eigenvalue weighted by atomic mass is 19.1. The third-order valence-corrected chi connectivity index (χ3v) is 6.58. The highest BCUT2D eigenvalue weighted by molar-refractivity contribution is 5.86. The van der Waals surface area contributed by atoms with E-state index >= 15 is 0 Å². The fourth-order valence-electron chi connectivity index (χ4n) is 4.27. The van der Waals surface area contributed by atoms with Gasteiger partial charge in [0.15, 0.2) is 5.60 Å². The number of pyridine rings is 1.